The second-order valence-electron chi connectivity index (χ2n) is 3.15. The monoisotopic (exact) mass is 253 g/mol. The Bertz CT molecular complexity index is 450. The zero-order valence-electron chi connectivity index (χ0n) is 9.81. The van der Waals surface area contributed by atoms with Gasteiger partial charge in [0.1, 0.15) is 0 Å². The highest BCUT2D eigenvalue weighted by atomic mass is 19.2. The van der Waals surface area contributed by atoms with Gasteiger partial charge in [-0.2, -0.15) is 4.39 Å². The summed E-state index contributed by atoms with van der Waals surface area (Å²) < 4.78 is 28.7. The SMILES string of the molecule is COc1ncccc1CN.Fc1cccnc1F. The van der Waals surface area contributed by atoms with Crippen LogP contribution in [0.5, 0.6) is 5.88 Å². The lowest BCUT2D eigenvalue weighted by molar-refractivity contribution is 0.392. The van der Waals surface area contributed by atoms with Crippen LogP contribution in [0.15, 0.2) is 36.7 Å². The van der Waals surface area contributed by atoms with E-state index in [2.05, 4.69) is 9.97 Å². The highest BCUT2D eigenvalue weighted by Crippen LogP contribution is 2.11. The molecule has 0 saturated heterocycles. The molecule has 0 unspecified atom stereocenters. The topological polar surface area (TPSA) is 61.0 Å². The van der Waals surface area contributed by atoms with E-state index in [4.69, 9.17) is 10.5 Å². The molecule has 0 spiro atoms. The maximum Gasteiger partial charge on any atom is 0.248 e. The molecule has 0 aliphatic rings. The van der Waals surface area contributed by atoms with E-state index < -0.39 is 11.8 Å². The van der Waals surface area contributed by atoms with Crippen molar-refractivity contribution in [3.63, 3.8) is 0 Å². The molecule has 2 aromatic rings. The largest absolute Gasteiger partial charge is 0.481 e. The third kappa shape index (κ3) is 4.06. The minimum atomic E-state index is -1.05. The van der Waals surface area contributed by atoms with Crippen LogP contribution in [0, 0.1) is 11.8 Å². The van der Waals surface area contributed by atoms with Gasteiger partial charge in [0.05, 0.1) is 7.11 Å². The van der Waals surface area contributed by atoms with Crippen LogP contribution in [0.1, 0.15) is 5.56 Å². The van der Waals surface area contributed by atoms with Crippen molar-refractivity contribution in [2.24, 2.45) is 5.73 Å². The fourth-order valence-electron chi connectivity index (χ4n) is 1.13. The highest BCUT2D eigenvalue weighted by molar-refractivity contribution is 5.24. The molecule has 0 radical (unpaired) electrons. The number of nitrogens with zero attached hydrogens (tertiary/aromatic N) is 2. The Balaban J connectivity index is 0.000000184. The van der Waals surface area contributed by atoms with Crippen LogP contribution < -0.4 is 10.5 Å². The van der Waals surface area contributed by atoms with Gasteiger partial charge in [-0.3, -0.25) is 0 Å². The number of hydrogen-bond donors (Lipinski definition) is 1. The van der Waals surface area contributed by atoms with Crippen LogP contribution in [-0.2, 0) is 6.54 Å². The second kappa shape index (κ2) is 7.29. The first-order valence-corrected chi connectivity index (χ1v) is 5.13. The number of hydrogen-bond acceptors (Lipinski definition) is 4. The van der Waals surface area contributed by atoms with Crippen LogP contribution in [-0.4, -0.2) is 17.1 Å². The van der Waals surface area contributed by atoms with Crippen molar-refractivity contribution in [1.29, 1.82) is 0 Å². The van der Waals surface area contributed by atoms with Gasteiger partial charge in [-0.05, 0) is 18.2 Å². The number of aromatic nitrogens is 2. The van der Waals surface area contributed by atoms with E-state index in [1.165, 1.54) is 12.3 Å². The van der Waals surface area contributed by atoms with Crippen LogP contribution in [0.2, 0.25) is 0 Å². The molecule has 0 aliphatic carbocycles. The van der Waals surface area contributed by atoms with Gasteiger partial charge in [0.15, 0.2) is 5.82 Å². The molecule has 0 aromatic carbocycles. The summed E-state index contributed by atoms with van der Waals surface area (Å²) in [4.78, 5) is 7.00. The molecule has 96 valence electrons. The van der Waals surface area contributed by atoms with Crippen LogP contribution >= 0.6 is 0 Å². The lowest BCUT2D eigenvalue weighted by Crippen LogP contribution is -2.00. The lowest BCUT2D eigenvalue weighted by Gasteiger charge is -2.02. The molecule has 0 saturated carbocycles. The number of nitrogens with two attached hydrogens (primary N) is 1. The Hall–Kier alpha value is -2.08. The predicted molar refractivity (Wildman–Crippen MR) is 62.8 cm³/mol. The van der Waals surface area contributed by atoms with E-state index in [-0.39, 0.29) is 0 Å². The molecule has 2 aromatic heterocycles. The number of ether oxygens (including phenoxy) is 1. The molecular formula is C12H13F2N3O. The Morgan fingerprint density at radius 1 is 1.17 bits per heavy atom. The van der Waals surface area contributed by atoms with Crippen molar-refractivity contribution in [1.82, 2.24) is 9.97 Å². The van der Waals surface area contributed by atoms with Gasteiger partial charge in [0.25, 0.3) is 0 Å². The first-order chi connectivity index (χ1) is 8.69. The molecule has 0 bridgehead atoms. The van der Waals surface area contributed by atoms with E-state index in [1.807, 2.05) is 12.1 Å². The summed E-state index contributed by atoms with van der Waals surface area (Å²) in [5.74, 6) is -1.34. The third-order valence-corrected chi connectivity index (χ3v) is 1.98. The van der Waals surface area contributed by atoms with Crippen molar-refractivity contribution in [3.05, 3.63) is 54.0 Å². The van der Waals surface area contributed by atoms with Crippen molar-refractivity contribution >= 4 is 0 Å². The quantitative estimate of drug-likeness (QED) is 0.830. The molecule has 0 amide bonds. The molecule has 18 heavy (non-hydrogen) atoms. The van der Waals surface area contributed by atoms with Gasteiger partial charge in [0, 0.05) is 24.5 Å². The molecule has 4 nitrogen and oxygen atoms in total. The van der Waals surface area contributed by atoms with Gasteiger partial charge in [-0.1, -0.05) is 6.07 Å². The Morgan fingerprint density at radius 2 is 1.83 bits per heavy atom. The summed E-state index contributed by atoms with van der Waals surface area (Å²) in [6, 6.07) is 6.08. The summed E-state index contributed by atoms with van der Waals surface area (Å²) in [5, 5.41) is 0. The van der Waals surface area contributed by atoms with E-state index in [0.29, 0.717) is 12.4 Å². The Kier molecular flexibility index (Phi) is 5.66. The first-order valence-electron chi connectivity index (χ1n) is 5.13. The average Bonchev–Trinajstić information content (AvgIpc) is 2.42. The van der Waals surface area contributed by atoms with Gasteiger partial charge in [-0.25, -0.2) is 14.4 Å². The first kappa shape index (κ1) is 14.0. The smallest absolute Gasteiger partial charge is 0.248 e. The molecule has 2 rings (SSSR count). The fraction of sp³-hybridized carbons (Fsp3) is 0.167. The number of pyridine rings is 2. The summed E-state index contributed by atoms with van der Waals surface area (Å²) in [7, 11) is 1.58. The second-order valence-corrected chi connectivity index (χ2v) is 3.15. The molecule has 0 fully saturated rings. The normalized spacial score (nSPS) is 9.33. The minimum absolute atomic E-state index is 0.469. The zero-order valence-corrected chi connectivity index (χ0v) is 9.81. The molecule has 0 atom stereocenters. The van der Waals surface area contributed by atoms with E-state index in [1.54, 1.807) is 13.3 Å². The molecule has 6 heteroatoms. The van der Waals surface area contributed by atoms with Crippen LogP contribution in [0.4, 0.5) is 8.78 Å². The Labute approximate surface area is 103 Å². The zero-order chi connectivity index (χ0) is 13.4. The van der Waals surface area contributed by atoms with E-state index in [0.717, 1.165) is 11.6 Å². The van der Waals surface area contributed by atoms with Crippen molar-refractivity contribution < 1.29 is 13.5 Å². The molecule has 2 heterocycles. The summed E-state index contributed by atoms with van der Waals surface area (Å²) >= 11 is 0. The molecule has 0 aliphatic heterocycles. The standard InChI is InChI=1S/C7H10N2O.C5H3F2N/c1-10-7-6(5-8)3-2-4-9-7;6-4-2-1-3-8-5(4)7/h2-4H,5,8H2,1H3;1-3H. The maximum atomic E-state index is 11.9. The summed E-state index contributed by atoms with van der Waals surface area (Å²) in [6.07, 6.45) is 2.87. The predicted octanol–water partition coefficient (Wildman–Crippen LogP) is 1.91. The van der Waals surface area contributed by atoms with Gasteiger partial charge in [-0.15, -0.1) is 0 Å². The molecular weight excluding hydrogens is 240 g/mol. The van der Waals surface area contributed by atoms with Crippen molar-refractivity contribution in [3.8, 4) is 5.88 Å². The lowest BCUT2D eigenvalue weighted by atomic mass is 10.3. The third-order valence-electron chi connectivity index (χ3n) is 1.98. The Morgan fingerprint density at radius 3 is 2.28 bits per heavy atom. The maximum absolute atomic E-state index is 11.9. The minimum Gasteiger partial charge on any atom is -0.481 e. The van der Waals surface area contributed by atoms with E-state index >= 15 is 0 Å². The number of halogens is 2. The van der Waals surface area contributed by atoms with Crippen LogP contribution in [0.3, 0.4) is 0 Å². The van der Waals surface area contributed by atoms with Crippen molar-refractivity contribution in [2.45, 2.75) is 6.54 Å². The fourth-order valence-corrected chi connectivity index (χ4v) is 1.13. The summed E-state index contributed by atoms with van der Waals surface area (Å²) in [6.45, 7) is 0.469. The molecule has 2 N–H and O–H groups in total. The van der Waals surface area contributed by atoms with Crippen LogP contribution in [0.25, 0.3) is 0 Å². The van der Waals surface area contributed by atoms with Gasteiger partial charge < -0.3 is 10.5 Å². The van der Waals surface area contributed by atoms with Gasteiger partial charge in [0.2, 0.25) is 11.8 Å². The number of rotatable bonds is 2. The van der Waals surface area contributed by atoms with E-state index in [9.17, 15) is 8.78 Å². The van der Waals surface area contributed by atoms with Crippen molar-refractivity contribution in [2.75, 3.05) is 7.11 Å². The highest BCUT2D eigenvalue weighted by Gasteiger charge is 1.98. The average molecular weight is 253 g/mol. The number of methoxy groups -OCH3 is 1. The summed E-state index contributed by atoms with van der Waals surface area (Å²) in [5.41, 5.74) is 6.34. The van der Waals surface area contributed by atoms with Gasteiger partial charge >= 0.3 is 0 Å².